The highest BCUT2D eigenvalue weighted by molar-refractivity contribution is 8.06. The fourth-order valence-electron chi connectivity index (χ4n) is 0.528. The Morgan fingerprint density at radius 2 is 2.70 bits per heavy atom. The number of nitrogens with zero attached hydrogens (tertiary/aromatic N) is 1. The zero-order valence-corrected chi connectivity index (χ0v) is 6.23. The molecule has 0 amide bonds. The van der Waals surface area contributed by atoms with Crippen molar-refractivity contribution >= 4 is 11.8 Å². The number of nitriles is 1. The highest BCUT2D eigenvalue weighted by Crippen LogP contribution is 2.28. The van der Waals surface area contributed by atoms with E-state index in [4.69, 9.17) is 10.00 Å². The number of hydrogen-bond donors (Lipinski definition) is 1. The van der Waals surface area contributed by atoms with Crippen LogP contribution in [-0.4, -0.2) is 7.11 Å². The molecule has 0 spiro atoms. The van der Waals surface area contributed by atoms with Crippen molar-refractivity contribution in [1.29, 1.82) is 5.26 Å². The largest absolute Gasteiger partial charge is 0.489 e. The molecule has 0 aromatic rings. The molecule has 52 valence electrons. The Labute approximate surface area is 63.4 Å². The summed E-state index contributed by atoms with van der Waals surface area (Å²) in [6.07, 6.45) is 3.15. The predicted octanol–water partition coefficient (Wildman–Crippen LogP) is 1.13. The molecular weight excluding hydrogens is 148 g/mol. The summed E-state index contributed by atoms with van der Waals surface area (Å²) in [7, 11) is 1.59. The van der Waals surface area contributed by atoms with Crippen LogP contribution < -0.4 is 5.32 Å². The molecule has 0 saturated heterocycles. The van der Waals surface area contributed by atoms with E-state index in [1.54, 1.807) is 13.3 Å². The van der Waals surface area contributed by atoms with E-state index >= 15 is 0 Å². The number of rotatable bonds is 1. The third-order valence-electron chi connectivity index (χ3n) is 0.940. The minimum Gasteiger partial charge on any atom is -0.489 e. The third kappa shape index (κ3) is 1.45. The number of ether oxygens (including phenoxy) is 1. The van der Waals surface area contributed by atoms with Crippen LogP contribution >= 0.6 is 11.8 Å². The molecule has 1 aliphatic heterocycles. The van der Waals surface area contributed by atoms with Gasteiger partial charge in [-0.3, -0.25) is 0 Å². The summed E-state index contributed by atoms with van der Waals surface area (Å²) in [5, 5.41) is 12.7. The lowest BCUT2D eigenvalue weighted by Gasteiger charge is -1.94. The van der Waals surface area contributed by atoms with Gasteiger partial charge in [0.1, 0.15) is 0 Å². The highest BCUT2D eigenvalue weighted by Gasteiger charge is 2.09. The van der Waals surface area contributed by atoms with E-state index in [9.17, 15) is 0 Å². The number of nitrogens with one attached hydrogen (secondary N) is 1. The molecule has 0 aliphatic carbocycles. The second-order valence-corrected chi connectivity index (χ2v) is 2.60. The first-order chi connectivity index (χ1) is 4.86. The second-order valence-electron chi connectivity index (χ2n) is 1.55. The van der Waals surface area contributed by atoms with Gasteiger partial charge < -0.3 is 10.1 Å². The standard InChI is InChI=1S/C6H6N2OS/c1-9-6-4-8-5(10-6)2-3-7/h2,4,8H,1H3/b5-2+. The maximum atomic E-state index is 8.24. The lowest BCUT2D eigenvalue weighted by atomic mass is 10.7. The molecule has 0 saturated carbocycles. The normalized spacial score (nSPS) is 19.6. The van der Waals surface area contributed by atoms with Crippen LogP contribution in [0.1, 0.15) is 0 Å². The van der Waals surface area contributed by atoms with Gasteiger partial charge in [0.15, 0.2) is 5.09 Å². The topological polar surface area (TPSA) is 45.0 Å². The van der Waals surface area contributed by atoms with E-state index in [1.165, 1.54) is 17.8 Å². The van der Waals surface area contributed by atoms with Gasteiger partial charge in [-0.2, -0.15) is 5.26 Å². The molecule has 10 heavy (non-hydrogen) atoms. The summed E-state index contributed by atoms with van der Waals surface area (Å²) >= 11 is 1.40. The van der Waals surface area contributed by atoms with Gasteiger partial charge in [0.25, 0.3) is 0 Å². The lowest BCUT2D eigenvalue weighted by molar-refractivity contribution is 0.324. The molecule has 0 unspecified atom stereocenters. The average molecular weight is 154 g/mol. The van der Waals surface area contributed by atoms with Gasteiger partial charge in [-0.1, -0.05) is 0 Å². The Hall–Kier alpha value is -1.08. The summed E-state index contributed by atoms with van der Waals surface area (Å²) in [5.74, 6) is 0. The lowest BCUT2D eigenvalue weighted by Crippen LogP contribution is -1.93. The molecule has 1 aliphatic rings. The van der Waals surface area contributed by atoms with Crippen LogP contribution in [0.2, 0.25) is 0 Å². The predicted molar refractivity (Wildman–Crippen MR) is 39.5 cm³/mol. The molecule has 0 atom stereocenters. The molecule has 1 heterocycles. The molecule has 0 radical (unpaired) electrons. The quantitative estimate of drug-likeness (QED) is 0.575. The van der Waals surface area contributed by atoms with Crippen LogP contribution in [0.15, 0.2) is 22.4 Å². The fraction of sp³-hybridized carbons (Fsp3) is 0.167. The van der Waals surface area contributed by atoms with E-state index in [2.05, 4.69) is 5.32 Å². The van der Waals surface area contributed by atoms with Crippen LogP contribution in [0.4, 0.5) is 0 Å². The van der Waals surface area contributed by atoms with Crippen molar-refractivity contribution in [3.8, 4) is 6.07 Å². The molecule has 1 rings (SSSR count). The molecule has 0 aromatic carbocycles. The maximum Gasteiger partial charge on any atom is 0.174 e. The van der Waals surface area contributed by atoms with Crippen LogP contribution in [0.5, 0.6) is 0 Å². The zero-order chi connectivity index (χ0) is 7.40. The maximum absolute atomic E-state index is 8.24. The van der Waals surface area contributed by atoms with E-state index in [1.807, 2.05) is 6.07 Å². The first-order valence-electron chi connectivity index (χ1n) is 2.65. The summed E-state index contributed by atoms with van der Waals surface area (Å²) in [6.45, 7) is 0. The van der Waals surface area contributed by atoms with Crippen LogP contribution in [0, 0.1) is 11.3 Å². The van der Waals surface area contributed by atoms with Crippen LogP contribution in [0.3, 0.4) is 0 Å². The van der Waals surface area contributed by atoms with Crippen molar-refractivity contribution in [2.75, 3.05) is 7.11 Å². The van der Waals surface area contributed by atoms with E-state index in [0.717, 1.165) is 10.1 Å². The van der Waals surface area contributed by atoms with Gasteiger partial charge in [-0.25, -0.2) is 0 Å². The molecule has 3 nitrogen and oxygen atoms in total. The Kier molecular flexibility index (Phi) is 2.24. The van der Waals surface area contributed by atoms with Gasteiger partial charge in [-0.05, 0) is 11.8 Å². The monoisotopic (exact) mass is 154 g/mol. The number of allylic oxidation sites excluding steroid dienone is 1. The van der Waals surface area contributed by atoms with Crippen molar-refractivity contribution < 1.29 is 4.74 Å². The average Bonchev–Trinajstić information content (AvgIpc) is 2.37. The van der Waals surface area contributed by atoms with Crippen molar-refractivity contribution in [3.63, 3.8) is 0 Å². The summed E-state index contributed by atoms with van der Waals surface area (Å²) < 4.78 is 4.90. The summed E-state index contributed by atoms with van der Waals surface area (Å²) in [6, 6.07) is 1.92. The summed E-state index contributed by atoms with van der Waals surface area (Å²) in [5.41, 5.74) is 0. The van der Waals surface area contributed by atoms with Gasteiger partial charge >= 0.3 is 0 Å². The second kappa shape index (κ2) is 3.18. The molecule has 0 aromatic heterocycles. The first-order valence-corrected chi connectivity index (χ1v) is 3.47. The van der Waals surface area contributed by atoms with Gasteiger partial charge in [0.2, 0.25) is 0 Å². The molecule has 0 fully saturated rings. The highest BCUT2D eigenvalue weighted by atomic mass is 32.2. The number of hydrogen-bond acceptors (Lipinski definition) is 4. The van der Waals surface area contributed by atoms with Crippen LogP contribution in [-0.2, 0) is 4.74 Å². The summed E-state index contributed by atoms with van der Waals surface area (Å²) in [4.78, 5) is 0. The number of thioether (sulfide) groups is 1. The number of methoxy groups -OCH3 is 1. The molecule has 0 bridgehead atoms. The van der Waals surface area contributed by atoms with Crippen molar-refractivity contribution in [2.45, 2.75) is 0 Å². The molecule has 1 N–H and O–H groups in total. The first kappa shape index (κ1) is 7.03. The van der Waals surface area contributed by atoms with Crippen molar-refractivity contribution in [1.82, 2.24) is 5.32 Å². The van der Waals surface area contributed by atoms with Gasteiger partial charge in [-0.15, -0.1) is 0 Å². The fourth-order valence-corrected chi connectivity index (χ4v) is 1.18. The van der Waals surface area contributed by atoms with Crippen molar-refractivity contribution in [2.24, 2.45) is 0 Å². The third-order valence-corrected chi connectivity index (χ3v) is 1.88. The SMILES string of the molecule is COC1=CN/C(=C\C#N)S1. The molecular formula is C6H6N2OS. The van der Waals surface area contributed by atoms with Crippen molar-refractivity contribution in [3.05, 3.63) is 22.4 Å². The minimum absolute atomic E-state index is 0.779. The molecule has 4 heteroatoms. The van der Waals surface area contributed by atoms with Crippen LogP contribution in [0.25, 0.3) is 0 Å². The zero-order valence-electron chi connectivity index (χ0n) is 5.42. The van der Waals surface area contributed by atoms with E-state index < -0.39 is 0 Å². The Bertz CT molecular complexity index is 226. The van der Waals surface area contributed by atoms with Gasteiger partial charge in [0, 0.05) is 6.08 Å². The Balaban J connectivity index is 2.53. The Morgan fingerprint density at radius 3 is 3.20 bits per heavy atom. The van der Waals surface area contributed by atoms with Gasteiger partial charge in [0.05, 0.1) is 24.4 Å². The smallest absolute Gasteiger partial charge is 0.174 e. The van der Waals surface area contributed by atoms with E-state index in [-0.39, 0.29) is 0 Å². The minimum atomic E-state index is 0.779. The van der Waals surface area contributed by atoms with E-state index in [0.29, 0.717) is 0 Å². The Morgan fingerprint density at radius 1 is 1.90 bits per heavy atom.